The lowest BCUT2D eigenvalue weighted by Gasteiger charge is -2.19. The Morgan fingerprint density at radius 2 is 0.923 bits per heavy atom. The number of fused-ring (bicyclic) bond motifs is 6. The molecule has 0 radical (unpaired) electrons. The highest BCUT2D eigenvalue weighted by Crippen LogP contribution is 2.36. The molecule has 4 aromatic carbocycles. The molecule has 0 aliphatic carbocycles. The highest BCUT2D eigenvalue weighted by Gasteiger charge is 2.24. The molecule has 6 heteroatoms. The van der Waals surface area contributed by atoms with Crippen LogP contribution in [-0.4, -0.2) is 36.8 Å². The van der Waals surface area contributed by atoms with Gasteiger partial charge in [0, 0.05) is 94.6 Å². The lowest BCUT2D eigenvalue weighted by molar-refractivity contribution is 0.720. The molecule has 1 unspecified atom stereocenters. The maximum absolute atomic E-state index is 4.61. The third-order valence-corrected chi connectivity index (χ3v) is 10.5. The van der Waals surface area contributed by atoms with Gasteiger partial charge in [-0.15, -0.1) is 0 Å². The molecule has 0 fully saturated rings. The summed E-state index contributed by atoms with van der Waals surface area (Å²) in [6.07, 6.45) is 14.3. The molecule has 0 bridgehead atoms. The van der Waals surface area contributed by atoms with Gasteiger partial charge in [-0.3, -0.25) is 19.9 Å². The van der Waals surface area contributed by atoms with Crippen LogP contribution < -0.4 is 0 Å². The van der Waals surface area contributed by atoms with Gasteiger partial charge in [0.15, 0.2) is 0 Å². The Hall–Kier alpha value is -6.66. The molecule has 6 nitrogen and oxygen atoms in total. The van der Waals surface area contributed by atoms with Gasteiger partial charge in [0.05, 0.1) is 16.6 Å². The van der Waals surface area contributed by atoms with Crippen LogP contribution in [0.25, 0.3) is 66.3 Å². The van der Waals surface area contributed by atoms with E-state index in [1.807, 2.05) is 43.4 Å². The van der Waals surface area contributed by atoms with E-state index in [1.54, 1.807) is 0 Å². The zero-order valence-electron chi connectivity index (χ0n) is 28.7. The zero-order valence-corrected chi connectivity index (χ0v) is 28.7. The molecule has 9 aromatic rings. The smallest absolute Gasteiger partial charge is 0.0572 e. The summed E-state index contributed by atoms with van der Waals surface area (Å²) >= 11 is 0. The lowest BCUT2D eigenvalue weighted by Crippen LogP contribution is -2.12. The van der Waals surface area contributed by atoms with Crippen LogP contribution in [0.2, 0.25) is 0 Å². The number of hydrogen-bond acceptors (Lipinski definition) is 4. The van der Waals surface area contributed by atoms with Crippen LogP contribution in [-0.2, 0) is 6.42 Å². The number of hydrogen-bond donors (Lipinski definition) is 0. The first kappa shape index (κ1) is 30.2. The van der Waals surface area contributed by atoms with Crippen LogP contribution in [0.5, 0.6) is 0 Å². The summed E-state index contributed by atoms with van der Waals surface area (Å²) in [4.78, 5) is 17.7. The van der Waals surface area contributed by atoms with Crippen molar-refractivity contribution in [3.8, 4) is 33.6 Å². The predicted octanol–water partition coefficient (Wildman–Crippen LogP) is 10.4. The number of pyridine rings is 3. The number of aliphatic imine (C=N–C) groups is 1. The number of aromatic nitrogens is 5. The molecule has 10 rings (SSSR count). The minimum Gasteiger partial charge on any atom is -0.312 e. The Balaban J connectivity index is 0.851. The number of benzene rings is 4. The summed E-state index contributed by atoms with van der Waals surface area (Å²) in [6, 6.07) is 41.9. The van der Waals surface area contributed by atoms with Gasteiger partial charge in [0.1, 0.15) is 0 Å². The fourth-order valence-corrected chi connectivity index (χ4v) is 7.92. The van der Waals surface area contributed by atoms with Crippen molar-refractivity contribution < 1.29 is 0 Å². The van der Waals surface area contributed by atoms with Crippen molar-refractivity contribution in [1.82, 2.24) is 24.1 Å². The van der Waals surface area contributed by atoms with Crippen LogP contribution in [0.3, 0.4) is 0 Å². The van der Waals surface area contributed by atoms with Crippen LogP contribution in [0.15, 0.2) is 157 Å². The third-order valence-electron chi connectivity index (χ3n) is 10.5. The summed E-state index contributed by atoms with van der Waals surface area (Å²) in [6.45, 7) is 3.06. The zero-order chi connectivity index (χ0) is 34.6. The topological polar surface area (TPSA) is 60.9 Å². The van der Waals surface area contributed by atoms with E-state index in [1.165, 1.54) is 50.2 Å². The Morgan fingerprint density at radius 3 is 1.42 bits per heavy atom. The van der Waals surface area contributed by atoms with Crippen LogP contribution in [0, 0.1) is 0 Å². The molecule has 6 heterocycles. The first-order valence-electron chi connectivity index (χ1n) is 17.8. The average Bonchev–Trinajstić information content (AvgIpc) is 3.73. The molecule has 248 valence electrons. The second-order valence-corrected chi connectivity index (χ2v) is 13.7. The van der Waals surface area contributed by atoms with E-state index in [4.69, 9.17) is 0 Å². The average molecular weight is 671 g/mol. The van der Waals surface area contributed by atoms with Gasteiger partial charge in [-0.1, -0.05) is 79.7 Å². The lowest BCUT2D eigenvalue weighted by atomic mass is 9.98. The molecule has 0 spiro atoms. The van der Waals surface area contributed by atoms with Gasteiger partial charge >= 0.3 is 0 Å². The second kappa shape index (κ2) is 12.3. The Labute approximate surface area is 301 Å². The van der Waals surface area contributed by atoms with Crippen LogP contribution in [0.4, 0.5) is 0 Å². The summed E-state index contributed by atoms with van der Waals surface area (Å²) in [7, 11) is 0. The molecule has 52 heavy (non-hydrogen) atoms. The molecular formula is C46H34N6. The summed E-state index contributed by atoms with van der Waals surface area (Å²) in [5.41, 5.74) is 15.6. The Kier molecular flexibility index (Phi) is 7.13. The fraction of sp³-hybridized carbons (Fsp3) is 0.0870. The van der Waals surface area contributed by atoms with Gasteiger partial charge in [0.25, 0.3) is 0 Å². The summed E-state index contributed by atoms with van der Waals surface area (Å²) in [5.74, 6) is 0.345. The molecule has 5 aromatic heterocycles. The standard InChI is InChI=1S/C46H34N6/c1-30-25-50-29-42-41-28-49-23-20-45(41)52(46(30)42)38-16-12-36(13-17-38)34-8-4-32(5-9-34)24-31-2-6-33(7-3-31)35-10-14-37(15-11-35)51-43-18-21-47-26-39(43)40-27-48-22-19-44(40)51/h2-23,26-30H,24-25H2,1H3. The van der Waals surface area contributed by atoms with Crippen molar-refractivity contribution in [2.75, 3.05) is 6.54 Å². The highest BCUT2D eigenvalue weighted by atomic mass is 15.0. The molecule has 1 aliphatic rings. The first-order chi connectivity index (χ1) is 25.7. The van der Waals surface area contributed by atoms with Crippen molar-refractivity contribution in [3.63, 3.8) is 0 Å². The predicted molar refractivity (Wildman–Crippen MR) is 212 cm³/mol. The van der Waals surface area contributed by atoms with Gasteiger partial charge in [-0.2, -0.15) is 0 Å². The van der Waals surface area contributed by atoms with E-state index in [2.05, 4.69) is 151 Å². The number of nitrogens with zero attached hydrogens (tertiary/aromatic N) is 6. The molecule has 1 aliphatic heterocycles. The molecule has 0 N–H and O–H groups in total. The molecule has 0 saturated carbocycles. The first-order valence-corrected chi connectivity index (χ1v) is 17.8. The quantitative estimate of drug-likeness (QED) is 0.177. The van der Waals surface area contributed by atoms with Gasteiger partial charge in [-0.25, -0.2) is 0 Å². The van der Waals surface area contributed by atoms with Crippen molar-refractivity contribution in [1.29, 1.82) is 0 Å². The van der Waals surface area contributed by atoms with Crippen molar-refractivity contribution >= 4 is 38.9 Å². The van der Waals surface area contributed by atoms with Crippen molar-refractivity contribution in [2.24, 2.45) is 4.99 Å². The summed E-state index contributed by atoms with van der Waals surface area (Å²) < 4.78 is 4.67. The van der Waals surface area contributed by atoms with E-state index in [9.17, 15) is 0 Å². The van der Waals surface area contributed by atoms with Gasteiger partial charge in [-0.05, 0) is 82.3 Å². The maximum atomic E-state index is 4.61. The molecule has 0 amide bonds. The third kappa shape index (κ3) is 5.03. The number of rotatable bonds is 6. The second-order valence-electron chi connectivity index (χ2n) is 13.7. The minimum absolute atomic E-state index is 0.345. The van der Waals surface area contributed by atoms with Gasteiger partial charge < -0.3 is 9.13 Å². The molecule has 1 atom stereocenters. The van der Waals surface area contributed by atoms with Crippen molar-refractivity contribution in [2.45, 2.75) is 19.3 Å². The largest absolute Gasteiger partial charge is 0.312 e. The minimum atomic E-state index is 0.345. The highest BCUT2D eigenvalue weighted by molar-refractivity contribution is 6.08. The monoisotopic (exact) mass is 670 g/mol. The SMILES string of the molecule is CC1CN=Cc2c1n(-c1ccc(-c3ccc(Cc4ccc(-c5ccc(-n6c7ccncc7c7cnccc76)cc5)cc4)cc3)cc1)c1ccncc21. The van der Waals surface area contributed by atoms with E-state index in [-0.39, 0.29) is 0 Å². The maximum Gasteiger partial charge on any atom is 0.0572 e. The van der Waals surface area contributed by atoms with Crippen LogP contribution >= 0.6 is 0 Å². The Bertz CT molecular complexity index is 2720. The van der Waals surface area contributed by atoms with Gasteiger partial charge in [0.2, 0.25) is 0 Å². The van der Waals surface area contributed by atoms with E-state index in [0.29, 0.717) is 5.92 Å². The fourth-order valence-electron chi connectivity index (χ4n) is 7.92. The van der Waals surface area contributed by atoms with Crippen molar-refractivity contribution in [3.05, 3.63) is 175 Å². The normalized spacial score (nSPS) is 14.0. The van der Waals surface area contributed by atoms with E-state index in [0.717, 1.165) is 51.5 Å². The Morgan fingerprint density at radius 1 is 0.500 bits per heavy atom. The van der Waals surface area contributed by atoms with Crippen LogP contribution in [0.1, 0.15) is 35.2 Å². The molecule has 0 saturated heterocycles. The molecular weight excluding hydrogens is 637 g/mol. The summed E-state index contributed by atoms with van der Waals surface area (Å²) in [5, 5.41) is 3.38. The van der Waals surface area contributed by atoms with E-state index < -0.39 is 0 Å². The van der Waals surface area contributed by atoms with E-state index >= 15 is 0 Å².